The molecule has 2 heterocycles. The molecular weight excluding hydrogens is 224 g/mol. The first-order chi connectivity index (χ1) is 7.00. The molecule has 0 radical (unpaired) electrons. The molecule has 0 saturated heterocycles. The van der Waals surface area contributed by atoms with Gasteiger partial charge in [-0.05, 0) is 6.92 Å². The minimum atomic E-state index is -1.27. The number of carboxylic acids is 1. The molecule has 0 aromatic carbocycles. The fourth-order valence-corrected chi connectivity index (χ4v) is 1.22. The Labute approximate surface area is 87.3 Å². The van der Waals surface area contributed by atoms with Crippen molar-refractivity contribution < 1.29 is 9.90 Å². The zero-order valence-electron chi connectivity index (χ0n) is 7.48. The molecule has 0 saturated carbocycles. The zero-order chi connectivity index (χ0) is 11.2. The lowest BCUT2D eigenvalue weighted by molar-refractivity contribution is 0.0684. The van der Waals surface area contributed by atoms with E-state index in [0.29, 0.717) is 5.69 Å². The van der Waals surface area contributed by atoms with E-state index in [0.717, 1.165) is 4.52 Å². The van der Waals surface area contributed by atoms with Crippen molar-refractivity contribution in [2.45, 2.75) is 6.92 Å². The molecule has 0 aliphatic heterocycles. The number of aromatic amines is 1. The van der Waals surface area contributed by atoms with E-state index in [4.69, 9.17) is 16.7 Å². The summed E-state index contributed by atoms with van der Waals surface area (Å²) in [5, 5.41) is 10.9. The molecule has 8 heteroatoms. The molecule has 0 aliphatic rings. The van der Waals surface area contributed by atoms with Crippen molar-refractivity contribution in [3.8, 4) is 0 Å². The average Bonchev–Trinajstić information content (AvgIpc) is 2.58. The summed E-state index contributed by atoms with van der Waals surface area (Å²) in [6.07, 6.45) is 0. The van der Waals surface area contributed by atoms with Crippen molar-refractivity contribution >= 4 is 23.3 Å². The van der Waals surface area contributed by atoms with E-state index in [1.54, 1.807) is 6.92 Å². The van der Waals surface area contributed by atoms with Gasteiger partial charge in [0.1, 0.15) is 5.02 Å². The summed E-state index contributed by atoms with van der Waals surface area (Å²) >= 11 is 5.65. The van der Waals surface area contributed by atoms with Gasteiger partial charge in [-0.15, -0.1) is 0 Å². The normalized spacial score (nSPS) is 10.8. The van der Waals surface area contributed by atoms with E-state index in [1.807, 2.05) is 0 Å². The summed E-state index contributed by atoms with van der Waals surface area (Å²) in [4.78, 5) is 29.6. The van der Waals surface area contributed by atoms with Crippen LogP contribution in [-0.4, -0.2) is 30.7 Å². The highest BCUT2D eigenvalue weighted by Gasteiger charge is 2.14. The third-order valence-corrected chi connectivity index (χ3v) is 2.24. The highest BCUT2D eigenvalue weighted by molar-refractivity contribution is 6.31. The first kappa shape index (κ1) is 9.66. The molecule has 2 aromatic heterocycles. The molecule has 0 spiro atoms. The van der Waals surface area contributed by atoms with Gasteiger partial charge in [-0.1, -0.05) is 11.6 Å². The van der Waals surface area contributed by atoms with Gasteiger partial charge >= 0.3 is 5.97 Å². The van der Waals surface area contributed by atoms with Crippen LogP contribution >= 0.6 is 11.6 Å². The molecule has 0 amide bonds. The van der Waals surface area contributed by atoms with Crippen molar-refractivity contribution in [1.29, 1.82) is 0 Å². The van der Waals surface area contributed by atoms with Gasteiger partial charge in [0.15, 0.2) is 0 Å². The van der Waals surface area contributed by atoms with Crippen LogP contribution in [0.15, 0.2) is 4.79 Å². The molecule has 2 aromatic rings. The maximum Gasteiger partial charge on any atom is 0.373 e. The lowest BCUT2D eigenvalue weighted by atomic mass is 10.4. The second-order valence-corrected chi connectivity index (χ2v) is 3.21. The largest absolute Gasteiger partial charge is 0.475 e. The minimum absolute atomic E-state index is 0.0145. The predicted molar refractivity (Wildman–Crippen MR) is 50.3 cm³/mol. The topological polar surface area (TPSA) is 100 Å². The number of halogens is 1. The number of aromatic nitrogens is 4. The Kier molecular flexibility index (Phi) is 1.97. The Morgan fingerprint density at radius 3 is 2.80 bits per heavy atom. The summed E-state index contributed by atoms with van der Waals surface area (Å²) in [6, 6.07) is 0. The van der Waals surface area contributed by atoms with Crippen LogP contribution in [0, 0.1) is 6.92 Å². The molecular formula is C7H5ClN4O3. The third kappa shape index (κ3) is 1.37. The number of carboxylic acid groups (broad SMARTS) is 1. The van der Waals surface area contributed by atoms with Crippen LogP contribution in [0.25, 0.3) is 5.78 Å². The Balaban J connectivity index is 2.88. The van der Waals surface area contributed by atoms with Crippen molar-refractivity contribution in [3.05, 3.63) is 26.9 Å². The van der Waals surface area contributed by atoms with Crippen molar-refractivity contribution in [1.82, 2.24) is 19.6 Å². The maximum atomic E-state index is 11.5. The highest BCUT2D eigenvalue weighted by atomic mass is 35.5. The standard InChI is InChI=1S/C7H5ClN4O3/c1-2-3(8)5(13)12-7(9-2)10-4(11-12)6(14)15/h1H3,(H,14,15)(H,9,10,11). The fourth-order valence-electron chi connectivity index (χ4n) is 1.10. The first-order valence-corrected chi connectivity index (χ1v) is 4.26. The van der Waals surface area contributed by atoms with Crippen LogP contribution in [0.3, 0.4) is 0 Å². The lowest BCUT2D eigenvalue weighted by Gasteiger charge is -1.95. The van der Waals surface area contributed by atoms with Crippen LogP contribution in [0.5, 0.6) is 0 Å². The van der Waals surface area contributed by atoms with Gasteiger partial charge in [0.05, 0.1) is 5.69 Å². The summed E-state index contributed by atoms with van der Waals surface area (Å²) in [6.45, 7) is 1.54. The van der Waals surface area contributed by atoms with Crippen LogP contribution in [-0.2, 0) is 0 Å². The zero-order valence-corrected chi connectivity index (χ0v) is 8.24. The number of hydrogen-bond acceptors (Lipinski definition) is 4. The molecule has 0 unspecified atom stereocenters. The van der Waals surface area contributed by atoms with Gasteiger partial charge in [0, 0.05) is 0 Å². The number of aromatic carboxylic acids is 1. The molecule has 15 heavy (non-hydrogen) atoms. The average molecular weight is 229 g/mol. The van der Waals surface area contributed by atoms with Crippen LogP contribution < -0.4 is 5.56 Å². The first-order valence-electron chi connectivity index (χ1n) is 3.89. The summed E-state index contributed by atoms with van der Waals surface area (Å²) in [7, 11) is 0. The maximum absolute atomic E-state index is 11.5. The van der Waals surface area contributed by atoms with Gasteiger partial charge in [-0.3, -0.25) is 9.89 Å². The van der Waals surface area contributed by atoms with Gasteiger partial charge in [0.2, 0.25) is 5.82 Å². The number of fused-ring (bicyclic) bond motifs is 1. The quantitative estimate of drug-likeness (QED) is 0.720. The van der Waals surface area contributed by atoms with Gasteiger partial charge in [0.25, 0.3) is 11.3 Å². The molecule has 7 nitrogen and oxygen atoms in total. The fraction of sp³-hybridized carbons (Fsp3) is 0.143. The van der Waals surface area contributed by atoms with E-state index in [2.05, 4.69) is 15.1 Å². The number of nitrogens with zero attached hydrogens (tertiary/aromatic N) is 3. The molecule has 78 valence electrons. The lowest BCUT2D eigenvalue weighted by Crippen LogP contribution is -2.17. The van der Waals surface area contributed by atoms with Crippen LogP contribution in [0.1, 0.15) is 16.3 Å². The van der Waals surface area contributed by atoms with Crippen LogP contribution in [0.2, 0.25) is 5.02 Å². The Morgan fingerprint density at radius 2 is 2.20 bits per heavy atom. The Hall–Kier alpha value is -1.89. The van der Waals surface area contributed by atoms with E-state index in [1.165, 1.54) is 0 Å². The number of nitrogens with one attached hydrogen (secondary N) is 1. The third-order valence-electron chi connectivity index (χ3n) is 1.81. The van der Waals surface area contributed by atoms with E-state index in [9.17, 15) is 9.59 Å². The van der Waals surface area contributed by atoms with Crippen molar-refractivity contribution in [2.24, 2.45) is 0 Å². The van der Waals surface area contributed by atoms with E-state index < -0.39 is 11.5 Å². The van der Waals surface area contributed by atoms with Gasteiger partial charge < -0.3 is 5.11 Å². The summed E-state index contributed by atoms with van der Waals surface area (Å²) in [5.41, 5.74) is -0.260. The molecule has 2 rings (SSSR count). The number of rotatable bonds is 1. The monoisotopic (exact) mass is 228 g/mol. The van der Waals surface area contributed by atoms with E-state index in [-0.39, 0.29) is 16.6 Å². The summed E-state index contributed by atoms with van der Waals surface area (Å²) < 4.78 is 0.888. The second kappa shape index (κ2) is 3.06. The van der Waals surface area contributed by atoms with Gasteiger partial charge in [-0.2, -0.15) is 9.50 Å². The summed E-state index contributed by atoms with van der Waals surface area (Å²) in [5.74, 6) is -1.64. The van der Waals surface area contributed by atoms with Crippen molar-refractivity contribution in [2.75, 3.05) is 0 Å². The number of H-pyrrole nitrogens is 1. The molecule has 0 atom stereocenters. The Bertz CT molecular complexity index is 614. The molecule has 2 N–H and O–H groups in total. The van der Waals surface area contributed by atoms with Crippen molar-refractivity contribution in [3.63, 3.8) is 0 Å². The molecule has 0 fully saturated rings. The predicted octanol–water partition coefficient (Wildman–Crippen LogP) is 0.0776. The highest BCUT2D eigenvalue weighted by Crippen LogP contribution is 2.07. The van der Waals surface area contributed by atoms with Crippen LogP contribution in [0.4, 0.5) is 0 Å². The Morgan fingerprint density at radius 1 is 1.53 bits per heavy atom. The smallest absolute Gasteiger partial charge is 0.373 e. The number of hydrogen-bond donors (Lipinski definition) is 2. The van der Waals surface area contributed by atoms with E-state index >= 15 is 0 Å². The minimum Gasteiger partial charge on any atom is -0.475 e. The molecule has 0 bridgehead atoms. The molecule has 0 aliphatic carbocycles. The number of carbonyl (C=O) groups is 1. The SMILES string of the molecule is Cc1nc2nc(C(=O)O)[nH]n2c(=O)c1Cl. The number of aryl methyl sites for hydroxylation is 1. The van der Waals surface area contributed by atoms with Gasteiger partial charge in [-0.25, -0.2) is 9.78 Å². The second-order valence-electron chi connectivity index (χ2n) is 2.83.